The summed E-state index contributed by atoms with van der Waals surface area (Å²) in [5.74, 6) is 0. The molecule has 0 bridgehead atoms. The van der Waals surface area contributed by atoms with Crippen LogP contribution in [0.4, 0.5) is 5.69 Å². The number of halogens is 1. The highest BCUT2D eigenvalue weighted by atomic mass is 35.5. The third-order valence-corrected chi connectivity index (χ3v) is 2.49. The largest absolute Gasteiger partial charge is 0.317 e. The molecular formula is C10H13ClN2O2. The van der Waals surface area contributed by atoms with Crippen LogP contribution in [0.5, 0.6) is 0 Å². The van der Waals surface area contributed by atoms with E-state index in [9.17, 15) is 10.1 Å². The molecule has 82 valence electrons. The second-order valence-electron chi connectivity index (χ2n) is 3.42. The van der Waals surface area contributed by atoms with Crippen molar-refractivity contribution in [2.45, 2.75) is 19.4 Å². The Hall–Kier alpha value is -1.13. The molecule has 1 aromatic carbocycles. The fourth-order valence-electron chi connectivity index (χ4n) is 1.33. The zero-order valence-corrected chi connectivity index (χ0v) is 9.41. The molecule has 0 aliphatic carbocycles. The minimum atomic E-state index is -0.381. The summed E-state index contributed by atoms with van der Waals surface area (Å²) in [4.78, 5) is 10.4. The molecule has 0 saturated carbocycles. The van der Waals surface area contributed by atoms with Crippen molar-refractivity contribution >= 4 is 17.3 Å². The van der Waals surface area contributed by atoms with Gasteiger partial charge in [-0.25, -0.2) is 0 Å². The van der Waals surface area contributed by atoms with Gasteiger partial charge in [0.25, 0.3) is 5.69 Å². The average Bonchev–Trinajstić information content (AvgIpc) is 2.17. The number of nitrogens with one attached hydrogen (secondary N) is 1. The molecule has 5 heteroatoms. The Morgan fingerprint density at radius 3 is 2.80 bits per heavy atom. The van der Waals surface area contributed by atoms with E-state index in [0.29, 0.717) is 17.0 Å². The molecule has 0 aromatic heterocycles. The molecule has 1 N–H and O–H groups in total. The van der Waals surface area contributed by atoms with E-state index >= 15 is 0 Å². The Bertz CT molecular complexity index is 368. The van der Waals surface area contributed by atoms with Crippen LogP contribution in [0.1, 0.15) is 12.5 Å². The van der Waals surface area contributed by atoms with Crippen LogP contribution >= 0.6 is 11.6 Å². The van der Waals surface area contributed by atoms with Gasteiger partial charge in [0.05, 0.1) is 4.92 Å². The molecule has 0 amide bonds. The summed E-state index contributed by atoms with van der Waals surface area (Å²) in [5.41, 5.74) is 0.788. The number of nitrogens with zero attached hydrogens (tertiary/aromatic N) is 1. The Morgan fingerprint density at radius 1 is 1.60 bits per heavy atom. The summed E-state index contributed by atoms with van der Waals surface area (Å²) in [6.45, 7) is 1.96. The molecule has 15 heavy (non-hydrogen) atoms. The van der Waals surface area contributed by atoms with E-state index in [1.165, 1.54) is 12.1 Å². The molecule has 1 aromatic rings. The lowest BCUT2D eigenvalue weighted by molar-refractivity contribution is -0.385. The number of hydrogen-bond acceptors (Lipinski definition) is 3. The molecule has 1 rings (SSSR count). The zero-order valence-electron chi connectivity index (χ0n) is 8.66. The first-order chi connectivity index (χ1) is 7.04. The van der Waals surface area contributed by atoms with Crippen molar-refractivity contribution in [3.63, 3.8) is 0 Å². The monoisotopic (exact) mass is 228 g/mol. The van der Waals surface area contributed by atoms with Crippen molar-refractivity contribution in [2.75, 3.05) is 7.05 Å². The normalized spacial score (nSPS) is 12.5. The maximum absolute atomic E-state index is 10.7. The van der Waals surface area contributed by atoms with Crippen LogP contribution in [-0.4, -0.2) is 18.0 Å². The minimum Gasteiger partial charge on any atom is -0.317 e. The van der Waals surface area contributed by atoms with E-state index in [-0.39, 0.29) is 16.7 Å². The SMILES string of the molecule is CNC(C)Cc1cc(Cl)ccc1[N+](=O)[O-]. The summed E-state index contributed by atoms with van der Waals surface area (Å²) in [5, 5.41) is 14.3. The lowest BCUT2D eigenvalue weighted by Crippen LogP contribution is -2.23. The van der Waals surface area contributed by atoms with E-state index in [4.69, 9.17) is 11.6 Å². The topological polar surface area (TPSA) is 55.2 Å². The molecule has 0 aliphatic heterocycles. The van der Waals surface area contributed by atoms with E-state index in [1.54, 1.807) is 6.07 Å². The predicted molar refractivity (Wildman–Crippen MR) is 60.3 cm³/mol. The number of hydrogen-bond donors (Lipinski definition) is 1. The zero-order chi connectivity index (χ0) is 11.4. The van der Waals surface area contributed by atoms with Gasteiger partial charge in [-0.1, -0.05) is 11.6 Å². The molecule has 0 aliphatic rings. The molecular weight excluding hydrogens is 216 g/mol. The van der Waals surface area contributed by atoms with E-state index in [2.05, 4.69) is 5.32 Å². The summed E-state index contributed by atoms with van der Waals surface area (Å²) in [7, 11) is 1.82. The van der Waals surface area contributed by atoms with E-state index in [0.717, 1.165) is 0 Å². The van der Waals surface area contributed by atoms with Crippen LogP contribution in [0.15, 0.2) is 18.2 Å². The van der Waals surface area contributed by atoms with Gasteiger partial charge in [0.15, 0.2) is 0 Å². The van der Waals surface area contributed by atoms with Gasteiger partial charge in [0.1, 0.15) is 0 Å². The lowest BCUT2D eigenvalue weighted by Gasteiger charge is -2.10. The summed E-state index contributed by atoms with van der Waals surface area (Å²) in [6.07, 6.45) is 0.591. The lowest BCUT2D eigenvalue weighted by atomic mass is 10.1. The van der Waals surface area contributed by atoms with Crippen molar-refractivity contribution < 1.29 is 4.92 Å². The third-order valence-electron chi connectivity index (χ3n) is 2.26. The van der Waals surface area contributed by atoms with E-state index in [1.807, 2.05) is 14.0 Å². The second kappa shape index (κ2) is 5.09. The predicted octanol–water partition coefficient (Wildman–Crippen LogP) is 2.40. The van der Waals surface area contributed by atoms with Gasteiger partial charge in [0, 0.05) is 22.7 Å². The first-order valence-electron chi connectivity index (χ1n) is 4.64. The number of likely N-dealkylation sites (N-methyl/N-ethyl adjacent to an activating group) is 1. The van der Waals surface area contributed by atoms with E-state index < -0.39 is 0 Å². The van der Waals surface area contributed by atoms with Gasteiger partial charge in [0.2, 0.25) is 0 Å². The van der Waals surface area contributed by atoms with Crippen LogP contribution < -0.4 is 5.32 Å². The number of benzene rings is 1. The fourth-order valence-corrected chi connectivity index (χ4v) is 1.52. The molecule has 0 radical (unpaired) electrons. The Morgan fingerprint density at radius 2 is 2.27 bits per heavy atom. The number of nitro benzene ring substituents is 1. The Labute approximate surface area is 93.4 Å². The maximum Gasteiger partial charge on any atom is 0.272 e. The van der Waals surface area contributed by atoms with Gasteiger partial charge in [-0.3, -0.25) is 10.1 Å². The van der Waals surface area contributed by atoms with Gasteiger partial charge in [-0.2, -0.15) is 0 Å². The average molecular weight is 229 g/mol. The standard InChI is InChI=1S/C10H13ClN2O2/c1-7(12-2)5-8-6-9(11)3-4-10(8)13(14)15/h3-4,6-7,12H,5H2,1-2H3. The van der Waals surface area contributed by atoms with Crippen LogP contribution in [-0.2, 0) is 6.42 Å². The van der Waals surface area contributed by atoms with Gasteiger partial charge >= 0.3 is 0 Å². The first-order valence-corrected chi connectivity index (χ1v) is 5.02. The van der Waals surface area contributed by atoms with Crippen molar-refractivity contribution in [1.29, 1.82) is 0 Å². The van der Waals surface area contributed by atoms with Crippen LogP contribution in [0.3, 0.4) is 0 Å². The quantitative estimate of drug-likeness (QED) is 0.636. The van der Waals surface area contributed by atoms with Gasteiger partial charge in [-0.05, 0) is 32.5 Å². The molecule has 0 heterocycles. The van der Waals surface area contributed by atoms with Gasteiger partial charge < -0.3 is 5.32 Å². The highest BCUT2D eigenvalue weighted by Crippen LogP contribution is 2.23. The van der Waals surface area contributed by atoms with Crippen LogP contribution in [0.2, 0.25) is 5.02 Å². The summed E-state index contributed by atoms with van der Waals surface area (Å²) < 4.78 is 0. The molecule has 0 saturated heterocycles. The third kappa shape index (κ3) is 3.18. The number of nitro groups is 1. The van der Waals surface area contributed by atoms with Crippen molar-refractivity contribution in [2.24, 2.45) is 0 Å². The minimum absolute atomic E-state index is 0.126. The Kier molecular flexibility index (Phi) is 4.05. The van der Waals surface area contributed by atoms with Crippen LogP contribution in [0.25, 0.3) is 0 Å². The molecule has 1 atom stereocenters. The summed E-state index contributed by atoms with van der Waals surface area (Å²) in [6, 6.07) is 4.81. The smallest absolute Gasteiger partial charge is 0.272 e. The Balaban J connectivity index is 3.02. The molecule has 0 fully saturated rings. The summed E-state index contributed by atoms with van der Waals surface area (Å²) >= 11 is 5.81. The maximum atomic E-state index is 10.7. The van der Waals surface area contributed by atoms with Gasteiger partial charge in [-0.15, -0.1) is 0 Å². The van der Waals surface area contributed by atoms with Crippen molar-refractivity contribution in [3.8, 4) is 0 Å². The fraction of sp³-hybridized carbons (Fsp3) is 0.400. The van der Waals surface area contributed by atoms with Crippen molar-refractivity contribution in [1.82, 2.24) is 5.32 Å². The molecule has 0 spiro atoms. The number of rotatable bonds is 4. The molecule has 4 nitrogen and oxygen atoms in total. The first kappa shape index (κ1) is 11.9. The van der Waals surface area contributed by atoms with Crippen molar-refractivity contribution in [3.05, 3.63) is 38.9 Å². The highest BCUT2D eigenvalue weighted by Gasteiger charge is 2.15. The highest BCUT2D eigenvalue weighted by molar-refractivity contribution is 6.30. The second-order valence-corrected chi connectivity index (χ2v) is 3.86. The molecule has 1 unspecified atom stereocenters. The van der Waals surface area contributed by atoms with Crippen LogP contribution in [0, 0.1) is 10.1 Å².